The Bertz CT molecular complexity index is 3300. The standard InChI is InChI=1S/C52H36N6/c1-33-21-24-46-40(29-33)38-17-9-11-19-44(38)57(46)48-26-23-37(52-55-50(35-13-5-3-6-14-35)54-51(56-52)36-15-7-4-8-16-36)31-42(48)43-32-53-28-27-49(43)58-45-20-12-10-18-39(45)41-30-34(2)22-25-47(41)58/h3-32H,1-2H3. The van der Waals surface area contributed by atoms with E-state index < -0.39 is 0 Å². The molecule has 0 radical (unpaired) electrons. The van der Waals surface area contributed by atoms with Gasteiger partial charge in [-0.1, -0.05) is 120 Å². The van der Waals surface area contributed by atoms with Crippen molar-refractivity contribution in [2.45, 2.75) is 13.8 Å². The number of pyridine rings is 1. The summed E-state index contributed by atoms with van der Waals surface area (Å²) in [5.74, 6) is 1.84. The largest absolute Gasteiger partial charge is 0.309 e. The van der Waals surface area contributed by atoms with E-state index in [0.29, 0.717) is 17.5 Å². The molecule has 11 rings (SSSR count). The minimum Gasteiger partial charge on any atom is -0.309 e. The summed E-state index contributed by atoms with van der Waals surface area (Å²) < 4.78 is 4.78. The predicted molar refractivity (Wildman–Crippen MR) is 238 cm³/mol. The molecule has 4 aromatic heterocycles. The van der Waals surface area contributed by atoms with Crippen molar-refractivity contribution in [3.8, 4) is 56.7 Å². The van der Waals surface area contributed by atoms with Crippen LogP contribution in [0.5, 0.6) is 0 Å². The van der Waals surface area contributed by atoms with Crippen LogP contribution in [-0.2, 0) is 0 Å². The highest BCUT2D eigenvalue weighted by Crippen LogP contribution is 2.42. The minimum atomic E-state index is 0.594. The molecule has 0 aliphatic heterocycles. The molecule has 0 bridgehead atoms. The average molecular weight is 745 g/mol. The number of aryl methyl sites for hydroxylation is 2. The molecule has 0 aliphatic carbocycles. The van der Waals surface area contributed by atoms with Gasteiger partial charge in [-0.15, -0.1) is 0 Å². The quantitative estimate of drug-likeness (QED) is 0.170. The summed E-state index contributed by atoms with van der Waals surface area (Å²) in [7, 11) is 0. The summed E-state index contributed by atoms with van der Waals surface area (Å²) in [5, 5.41) is 4.85. The van der Waals surface area contributed by atoms with Crippen LogP contribution in [0.15, 0.2) is 182 Å². The van der Waals surface area contributed by atoms with Crippen LogP contribution in [-0.4, -0.2) is 29.1 Å². The highest BCUT2D eigenvalue weighted by molar-refractivity contribution is 6.11. The third kappa shape index (κ3) is 5.49. The second-order valence-corrected chi connectivity index (χ2v) is 14.9. The molecule has 274 valence electrons. The molecule has 0 fully saturated rings. The van der Waals surface area contributed by atoms with Crippen molar-refractivity contribution in [2.75, 3.05) is 0 Å². The maximum absolute atomic E-state index is 5.15. The van der Waals surface area contributed by atoms with E-state index in [9.17, 15) is 0 Å². The third-order valence-corrected chi connectivity index (χ3v) is 11.2. The highest BCUT2D eigenvalue weighted by atomic mass is 15.0. The Morgan fingerprint density at radius 3 is 1.38 bits per heavy atom. The van der Waals surface area contributed by atoms with Gasteiger partial charge in [-0.05, 0) is 74.5 Å². The average Bonchev–Trinajstić information content (AvgIpc) is 3.78. The molecule has 11 aromatic rings. The van der Waals surface area contributed by atoms with Crippen molar-refractivity contribution in [2.24, 2.45) is 0 Å². The fraction of sp³-hybridized carbons (Fsp3) is 0.0385. The summed E-state index contributed by atoms with van der Waals surface area (Å²) in [6, 6.07) is 59.8. The van der Waals surface area contributed by atoms with Crippen molar-refractivity contribution >= 4 is 43.6 Å². The van der Waals surface area contributed by atoms with E-state index in [0.717, 1.165) is 61.3 Å². The van der Waals surface area contributed by atoms with Gasteiger partial charge in [0.2, 0.25) is 0 Å². The number of aromatic nitrogens is 6. The normalized spacial score (nSPS) is 11.6. The number of benzene rings is 7. The SMILES string of the molecule is Cc1ccc2c(c1)c1ccccc1n2-c1ccncc1-c1cc(-c2nc(-c3ccccc3)nc(-c3ccccc3)n2)ccc1-n1c2ccccc2c2cc(C)ccc21. The minimum absolute atomic E-state index is 0.594. The molecule has 6 nitrogen and oxygen atoms in total. The van der Waals surface area contributed by atoms with Crippen molar-refractivity contribution in [1.82, 2.24) is 29.1 Å². The second-order valence-electron chi connectivity index (χ2n) is 14.9. The maximum atomic E-state index is 5.15. The molecule has 0 unspecified atom stereocenters. The Balaban J connectivity index is 1.23. The number of nitrogens with zero attached hydrogens (tertiary/aromatic N) is 6. The summed E-state index contributed by atoms with van der Waals surface area (Å²) >= 11 is 0. The molecule has 0 aliphatic rings. The van der Waals surface area contributed by atoms with Gasteiger partial charge in [0, 0.05) is 61.8 Å². The van der Waals surface area contributed by atoms with Crippen LogP contribution < -0.4 is 0 Å². The van der Waals surface area contributed by atoms with E-state index in [1.807, 2.05) is 73.1 Å². The molecule has 6 heteroatoms. The van der Waals surface area contributed by atoms with Crippen molar-refractivity contribution in [3.63, 3.8) is 0 Å². The zero-order chi connectivity index (χ0) is 38.7. The lowest BCUT2D eigenvalue weighted by Crippen LogP contribution is -2.04. The first-order valence-electron chi connectivity index (χ1n) is 19.6. The Morgan fingerprint density at radius 2 is 0.828 bits per heavy atom. The predicted octanol–water partition coefficient (Wildman–Crippen LogP) is 12.7. The Morgan fingerprint density at radius 1 is 0.362 bits per heavy atom. The monoisotopic (exact) mass is 744 g/mol. The zero-order valence-electron chi connectivity index (χ0n) is 32.0. The molecule has 0 saturated heterocycles. The van der Waals surface area contributed by atoms with Crippen LogP contribution in [0.1, 0.15) is 11.1 Å². The van der Waals surface area contributed by atoms with Crippen molar-refractivity contribution in [3.05, 3.63) is 193 Å². The second kappa shape index (κ2) is 13.5. The van der Waals surface area contributed by atoms with E-state index in [1.165, 1.54) is 32.7 Å². The van der Waals surface area contributed by atoms with Gasteiger partial charge in [-0.25, -0.2) is 15.0 Å². The van der Waals surface area contributed by atoms with Crippen LogP contribution in [0.3, 0.4) is 0 Å². The van der Waals surface area contributed by atoms with Crippen molar-refractivity contribution in [1.29, 1.82) is 0 Å². The third-order valence-electron chi connectivity index (χ3n) is 11.2. The lowest BCUT2D eigenvalue weighted by Gasteiger charge is -2.19. The molecule has 4 heterocycles. The smallest absolute Gasteiger partial charge is 0.164 e. The fourth-order valence-corrected chi connectivity index (χ4v) is 8.51. The summed E-state index contributed by atoms with van der Waals surface area (Å²) in [6.45, 7) is 4.31. The van der Waals surface area contributed by atoms with E-state index in [2.05, 4.69) is 132 Å². The van der Waals surface area contributed by atoms with Gasteiger partial charge in [0.05, 0.1) is 33.4 Å². The van der Waals surface area contributed by atoms with Crippen LogP contribution in [0.2, 0.25) is 0 Å². The molecule has 7 aromatic carbocycles. The number of rotatable bonds is 6. The number of hydrogen-bond acceptors (Lipinski definition) is 4. The van der Waals surface area contributed by atoms with Crippen LogP contribution in [0.4, 0.5) is 0 Å². The van der Waals surface area contributed by atoms with Gasteiger partial charge in [0.25, 0.3) is 0 Å². The molecule has 58 heavy (non-hydrogen) atoms. The first-order chi connectivity index (χ1) is 28.6. The molecular weight excluding hydrogens is 709 g/mol. The van der Waals surface area contributed by atoms with Gasteiger partial charge < -0.3 is 9.13 Å². The molecule has 0 spiro atoms. The summed E-state index contributed by atoms with van der Waals surface area (Å²) in [4.78, 5) is 20.1. The molecule has 0 atom stereocenters. The van der Waals surface area contributed by atoms with Crippen molar-refractivity contribution < 1.29 is 0 Å². The van der Waals surface area contributed by atoms with E-state index in [1.54, 1.807) is 0 Å². The Labute approximate surface area is 335 Å². The lowest BCUT2D eigenvalue weighted by atomic mass is 9.99. The van der Waals surface area contributed by atoms with E-state index in [-0.39, 0.29) is 0 Å². The van der Waals surface area contributed by atoms with Gasteiger partial charge >= 0.3 is 0 Å². The fourth-order valence-electron chi connectivity index (χ4n) is 8.51. The van der Waals surface area contributed by atoms with E-state index >= 15 is 0 Å². The summed E-state index contributed by atoms with van der Waals surface area (Å²) in [6.07, 6.45) is 3.90. The number of fused-ring (bicyclic) bond motifs is 6. The molecule has 0 amide bonds. The topological polar surface area (TPSA) is 61.4 Å². The zero-order valence-corrected chi connectivity index (χ0v) is 32.0. The molecule has 0 N–H and O–H groups in total. The van der Waals surface area contributed by atoms with Gasteiger partial charge in [0.1, 0.15) is 0 Å². The van der Waals surface area contributed by atoms with E-state index in [4.69, 9.17) is 19.9 Å². The lowest BCUT2D eigenvalue weighted by molar-refractivity contribution is 1.07. The summed E-state index contributed by atoms with van der Waals surface area (Å²) in [5.41, 5.74) is 13.8. The van der Waals surface area contributed by atoms with Gasteiger partial charge in [-0.3, -0.25) is 4.98 Å². The maximum Gasteiger partial charge on any atom is 0.164 e. The van der Waals surface area contributed by atoms with Crippen LogP contribution in [0.25, 0.3) is 100 Å². The highest BCUT2D eigenvalue weighted by Gasteiger charge is 2.22. The number of hydrogen-bond donors (Lipinski definition) is 0. The molecular formula is C52H36N6. The van der Waals surface area contributed by atoms with Gasteiger partial charge in [0.15, 0.2) is 17.5 Å². The first kappa shape index (κ1) is 33.6. The Hall–Kier alpha value is -7.70. The van der Waals surface area contributed by atoms with Crippen LogP contribution in [0, 0.1) is 13.8 Å². The molecule has 0 saturated carbocycles. The first-order valence-corrected chi connectivity index (χ1v) is 19.6. The Kier molecular flexibility index (Phi) is 7.83. The van der Waals surface area contributed by atoms with Gasteiger partial charge in [-0.2, -0.15) is 0 Å². The van der Waals surface area contributed by atoms with Crippen LogP contribution >= 0.6 is 0 Å². The number of para-hydroxylation sites is 2.